The van der Waals surface area contributed by atoms with Crippen LogP contribution >= 0.6 is 24.0 Å². The molecule has 7 nitrogen and oxygen atoms in total. The third-order valence-corrected chi connectivity index (χ3v) is 7.74. The van der Waals surface area contributed by atoms with E-state index in [4.69, 9.17) is 4.99 Å². The number of hydrogen-bond donors (Lipinski definition) is 1. The van der Waals surface area contributed by atoms with Gasteiger partial charge in [0.15, 0.2) is 15.8 Å². The summed E-state index contributed by atoms with van der Waals surface area (Å²) in [6.07, 6.45) is 5.56. The fraction of sp³-hybridized carbons (Fsp3) is 0.895. The molecule has 1 saturated carbocycles. The summed E-state index contributed by atoms with van der Waals surface area (Å²) in [5, 5.41) is 3.62. The van der Waals surface area contributed by atoms with Gasteiger partial charge in [0.1, 0.15) is 0 Å². The first kappa shape index (κ1) is 23.7. The molecule has 3 rings (SSSR count). The van der Waals surface area contributed by atoms with Crippen molar-refractivity contribution in [3.63, 3.8) is 0 Å². The summed E-state index contributed by atoms with van der Waals surface area (Å²) in [6, 6.07) is 0.464. The Morgan fingerprint density at radius 1 is 1.07 bits per heavy atom. The maximum atomic E-state index is 12.2. The van der Waals surface area contributed by atoms with Gasteiger partial charge in [-0.1, -0.05) is 26.7 Å². The Labute approximate surface area is 186 Å². The van der Waals surface area contributed by atoms with Crippen molar-refractivity contribution >= 4 is 45.7 Å². The minimum atomic E-state index is -2.86. The number of amides is 1. The van der Waals surface area contributed by atoms with E-state index in [9.17, 15) is 13.2 Å². The van der Waals surface area contributed by atoms with Crippen molar-refractivity contribution in [2.45, 2.75) is 52.0 Å². The van der Waals surface area contributed by atoms with Gasteiger partial charge >= 0.3 is 0 Å². The second-order valence-corrected chi connectivity index (χ2v) is 10.8. The molecule has 3 fully saturated rings. The molecule has 2 saturated heterocycles. The number of nitrogens with zero attached hydrogens (tertiary/aromatic N) is 3. The number of aliphatic imine (C=N–C) groups is 1. The fourth-order valence-corrected chi connectivity index (χ4v) is 6.07. The molecule has 2 heterocycles. The molecule has 1 unspecified atom stereocenters. The van der Waals surface area contributed by atoms with Gasteiger partial charge in [0.05, 0.1) is 11.5 Å². The van der Waals surface area contributed by atoms with Crippen LogP contribution in [0.4, 0.5) is 0 Å². The molecule has 0 bridgehead atoms. The monoisotopic (exact) mass is 526 g/mol. The number of guanidine groups is 1. The molecule has 2 aliphatic heterocycles. The summed E-state index contributed by atoms with van der Waals surface area (Å²) >= 11 is 0. The molecular formula is C19H35IN4O3S. The van der Waals surface area contributed by atoms with Crippen LogP contribution in [-0.4, -0.2) is 80.4 Å². The first-order valence-electron chi connectivity index (χ1n) is 10.4. The van der Waals surface area contributed by atoms with Gasteiger partial charge in [-0.15, -0.1) is 24.0 Å². The van der Waals surface area contributed by atoms with Crippen LogP contribution < -0.4 is 5.32 Å². The molecule has 28 heavy (non-hydrogen) atoms. The Balaban J connectivity index is 0.00000280. The minimum Gasteiger partial charge on any atom is -0.354 e. The predicted molar refractivity (Wildman–Crippen MR) is 123 cm³/mol. The third-order valence-electron chi connectivity index (χ3n) is 5.90. The SMILES string of the molecule is CC(C)C(=O)N1CCN(C(=NCC2CCS(=O)(=O)C2)NC2CCCC2)CC1.I. The van der Waals surface area contributed by atoms with Gasteiger partial charge in [-0.3, -0.25) is 9.79 Å². The van der Waals surface area contributed by atoms with E-state index in [0.717, 1.165) is 38.6 Å². The zero-order valence-electron chi connectivity index (χ0n) is 17.1. The quantitative estimate of drug-likeness (QED) is 0.343. The molecule has 162 valence electrons. The van der Waals surface area contributed by atoms with Crippen LogP contribution in [0.3, 0.4) is 0 Å². The zero-order chi connectivity index (χ0) is 19.4. The number of nitrogens with one attached hydrogen (secondary N) is 1. The second-order valence-electron chi connectivity index (χ2n) is 8.53. The summed E-state index contributed by atoms with van der Waals surface area (Å²) in [6.45, 7) is 7.46. The summed E-state index contributed by atoms with van der Waals surface area (Å²) in [7, 11) is -2.86. The van der Waals surface area contributed by atoms with Gasteiger partial charge in [-0.05, 0) is 25.2 Å². The number of hydrogen-bond acceptors (Lipinski definition) is 4. The number of sulfone groups is 1. The molecule has 0 spiro atoms. The number of halogens is 1. The third kappa shape index (κ3) is 6.47. The van der Waals surface area contributed by atoms with Crippen molar-refractivity contribution in [2.24, 2.45) is 16.8 Å². The Morgan fingerprint density at radius 3 is 2.21 bits per heavy atom. The fourth-order valence-electron chi connectivity index (χ4n) is 4.23. The topological polar surface area (TPSA) is 82.1 Å². The maximum absolute atomic E-state index is 12.2. The van der Waals surface area contributed by atoms with E-state index in [1.165, 1.54) is 25.7 Å². The van der Waals surface area contributed by atoms with E-state index in [2.05, 4.69) is 10.2 Å². The maximum Gasteiger partial charge on any atom is 0.225 e. The highest BCUT2D eigenvalue weighted by atomic mass is 127. The largest absolute Gasteiger partial charge is 0.354 e. The smallest absolute Gasteiger partial charge is 0.225 e. The van der Waals surface area contributed by atoms with E-state index in [0.29, 0.717) is 18.3 Å². The summed E-state index contributed by atoms with van der Waals surface area (Å²) in [5.41, 5.74) is 0. The van der Waals surface area contributed by atoms with Crippen molar-refractivity contribution in [1.29, 1.82) is 0 Å². The minimum absolute atomic E-state index is 0. The van der Waals surface area contributed by atoms with Gasteiger partial charge < -0.3 is 15.1 Å². The van der Waals surface area contributed by atoms with Gasteiger partial charge in [0.25, 0.3) is 0 Å². The first-order chi connectivity index (χ1) is 12.8. The number of rotatable bonds is 4. The normalized spacial score (nSPS) is 25.8. The van der Waals surface area contributed by atoms with E-state index >= 15 is 0 Å². The van der Waals surface area contributed by atoms with Crippen LogP contribution in [0.5, 0.6) is 0 Å². The van der Waals surface area contributed by atoms with Crippen molar-refractivity contribution in [3.05, 3.63) is 0 Å². The lowest BCUT2D eigenvalue weighted by Gasteiger charge is -2.38. The Kier molecular flexibility index (Phi) is 8.84. The lowest BCUT2D eigenvalue weighted by molar-refractivity contribution is -0.135. The average molecular weight is 526 g/mol. The van der Waals surface area contributed by atoms with Gasteiger partial charge in [0.2, 0.25) is 5.91 Å². The molecule has 1 atom stereocenters. The van der Waals surface area contributed by atoms with Gasteiger partial charge in [-0.25, -0.2) is 8.42 Å². The Hall–Kier alpha value is -0.580. The van der Waals surface area contributed by atoms with Crippen molar-refractivity contribution in [2.75, 3.05) is 44.2 Å². The van der Waals surface area contributed by atoms with Crippen LogP contribution in [0.2, 0.25) is 0 Å². The standard InChI is InChI=1S/C19H34N4O3S.HI/c1-15(2)18(24)22-8-10-23(11-9-22)19(21-17-5-3-4-6-17)20-13-16-7-12-27(25,26)14-16;/h15-17H,3-14H2,1-2H3,(H,20,21);1H. The van der Waals surface area contributed by atoms with Crippen molar-refractivity contribution in [3.8, 4) is 0 Å². The van der Waals surface area contributed by atoms with Crippen LogP contribution in [0.1, 0.15) is 46.0 Å². The van der Waals surface area contributed by atoms with Crippen molar-refractivity contribution in [1.82, 2.24) is 15.1 Å². The summed E-state index contributed by atoms with van der Waals surface area (Å²) in [4.78, 5) is 21.2. The molecule has 0 aromatic heterocycles. The lowest BCUT2D eigenvalue weighted by atomic mass is 10.1. The molecule has 1 N–H and O–H groups in total. The summed E-state index contributed by atoms with van der Waals surface area (Å²) in [5.74, 6) is 1.86. The molecular weight excluding hydrogens is 491 g/mol. The van der Waals surface area contributed by atoms with Crippen LogP contribution in [-0.2, 0) is 14.6 Å². The van der Waals surface area contributed by atoms with Crippen LogP contribution in [0.25, 0.3) is 0 Å². The highest BCUT2D eigenvalue weighted by Gasteiger charge is 2.29. The number of piperazine rings is 1. The summed E-state index contributed by atoms with van der Waals surface area (Å²) < 4.78 is 23.4. The van der Waals surface area contributed by atoms with Gasteiger partial charge in [0, 0.05) is 44.7 Å². The zero-order valence-corrected chi connectivity index (χ0v) is 20.2. The Bertz CT molecular complexity index is 654. The second kappa shape index (κ2) is 10.4. The van der Waals surface area contributed by atoms with E-state index in [1.54, 1.807) is 0 Å². The molecule has 9 heteroatoms. The molecule has 1 amide bonds. The lowest BCUT2D eigenvalue weighted by Crippen LogP contribution is -2.55. The molecule has 0 aromatic carbocycles. The number of carbonyl (C=O) groups is 1. The first-order valence-corrected chi connectivity index (χ1v) is 12.2. The van der Waals surface area contributed by atoms with Crippen molar-refractivity contribution < 1.29 is 13.2 Å². The van der Waals surface area contributed by atoms with E-state index in [1.807, 2.05) is 18.7 Å². The average Bonchev–Trinajstić information content (AvgIpc) is 3.27. The molecule has 0 aromatic rings. The highest BCUT2D eigenvalue weighted by Crippen LogP contribution is 2.20. The number of carbonyl (C=O) groups excluding carboxylic acids is 1. The predicted octanol–water partition coefficient (Wildman–Crippen LogP) is 1.73. The van der Waals surface area contributed by atoms with E-state index in [-0.39, 0.29) is 47.5 Å². The Morgan fingerprint density at radius 2 is 1.68 bits per heavy atom. The van der Waals surface area contributed by atoms with E-state index < -0.39 is 9.84 Å². The van der Waals surface area contributed by atoms with Crippen LogP contribution in [0.15, 0.2) is 4.99 Å². The van der Waals surface area contributed by atoms with Gasteiger partial charge in [-0.2, -0.15) is 0 Å². The highest BCUT2D eigenvalue weighted by molar-refractivity contribution is 14.0. The molecule has 3 aliphatic rings. The molecule has 1 aliphatic carbocycles. The molecule has 0 radical (unpaired) electrons. The van der Waals surface area contributed by atoms with Crippen LogP contribution in [0, 0.1) is 11.8 Å².